The molecule has 6 heteroatoms. The van der Waals surface area contributed by atoms with Gasteiger partial charge in [-0.3, -0.25) is 4.79 Å². The van der Waals surface area contributed by atoms with Crippen LogP contribution in [-0.4, -0.2) is 16.0 Å². The van der Waals surface area contributed by atoms with Gasteiger partial charge in [-0.15, -0.1) is 0 Å². The van der Waals surface area contributed by atoms with Crippen LogP contribution in [-0.2, 0) is 11.8 Å². The van der Waals surface area contributed by atoms with Crippen LogP contribution in [0.15, 0.2) is 53.4 Å². The van der Waals surface area contributed by atoms with E-state index in [1.165, 1.54) is 17.8 Å². The Labute approximate surface area is 155 Å². The van der Waals surface area contributed by atoms with Gasteiger partial charge < -0.3 is 15.2 Å². The Morgan fingerprint density at radius 2 is 1.92 bits per heavy atom. The standard InChI is InChI=1S/C20H18FN3OS/c1-12-14(13-7-3-6-10-17(13)24(12)2)11-18-19(25)23-20(26-18)22-16-9-5-4-8-15(16)21/h3-11,20,22H,1-2H3,(H,23,25)/b18-11-. The number of halogens is 1. The van der Waals surface area contributed by atoms with Crippen LogP contribution in [0, 0.1) is 12.7 Å². The number of hydrogen-bond acceptors (Lipinski definition) is 3. The summed E-state index contributed by atoms with van der Waals surface area (Å²) in [5.74, 6) is -0.499. The minimum Gasteiger partial charge on any atom is -0.354 e. The van der Waals surface area contributed by atoms with Gasteiger partial charge in [0.25, 0.3) is 5.91 Å². The Morgan fingerprint density at radius 1 is 1.19 bits per heavy atom. The highest BCUT2D eigenvalue weighted by Gasteiger charge is 2.28. The number of carbonyl (C=O) groups excluding carboxylic acids is 1. The van der Waals surface area contributed by atoms with Gasteiger partial charge in [-0.25, -0.2) is 4.39 Å². The average Bonchev–Trinajstić information content (AvgIpc) is 3.10. The number of anilines is 1. The molecular weight excluding hydrogens is 349 g/mol. The summed E-state index contributed by atoms with van der Waals surface area (Å²) in [5, 5.41) is 6.98. The Kier molecular flexibility index (Phi) is 4.20. The van der Waals surface area contributed by atoms with Gasteiger partial charge in [-0.2, -0.15) is 0 Å². The first-order valence-corrected chi connectivity index (χ1v) is 9.17. The van der Waals surface area contributed by atoms with Gasteiger partial charge in [0.05, 0.1) is 10.6 Å². The minimum absolute atomic E-state index is 0.156. The third-order valence-corrected chi connectivity index (χ3v) is 5.64. The maximum atomic E-state index is 13.8. The first-order chi connectivity index (χ1) is 12.5. The summed E-state index contributed by atoms with van der Waals surface area (Å²) in [6, 6.07) is 14.5. The molecule has 1 aliphatic heterocycles. The monoisotopic (exact) mass is 367 g/mol. The van der Waals surface area contributed by atoms with Crippen molar-refractivity contribution >= 4 is 40.3 Å². The molecule has 2 N–H and O–H groups in total. The molecule has 1 atom stereocenters. The highest BCUT2D eigenvalue weighted by Crippen LogP contribution is 2.34. The average molecular weight is 367 g/mol. The minimum atomic E-state index is -0.402. The molecule has 26 heavy (non-hydrogen) atoms. The summed E-state index contributed by atoms with van der Waals surface area (Å²) < 4.78 is 15.9. The lowest BCUT2D eigenvalue weighted by atomic mass is 10.1. The van der Waals surface area contributed by atoms with Crippen molar-refractivity contribution < 1.29 is 9.18 Å². The molecule has 3 aromatic rings. The summed E-state index contributed by atoms with van der Waals surface area (Å²) >= 11 is 1.36. The number of nitrogens with zero attached hydrogens (tertiary/aromatic N) is 1. The number of rotatable bonds is 3. The van der Waals surface area contributed by atoms with E-state index in [-0.39, 0.29) is 11.7 Å². The van der Waals surface area contributed by atoms with E-state index in [4.69, 9.17) is 0 Å². The second-order valence-corrected chi connectivity index (χ2v) is 7.33. The largest absolute Gasteiger partial charge is 0.354 e. The molecule has 1 saturated heterocycles. The van der Waals surface area contributed by atoms with Crippen LogP contribution in [0.5, 0.6) is 0 Å². The Bertz CT molecular complexity index is 1040. The van der Waals surface area contributed by atoms with Crippen molar-refractivity contribution in [2.24, 2.45) is 7.05 Å². The van der Waals surface area contributed by atoms with Crippen LogP contribution in [0.1, 0.15) is 11.3 Å². The Balaban J connectivity index is 1.64. The highest BCUT2D eigenvalue weighted by atomic mass is 32.2. The molecule has 0 radical (unpaired) electrons. The van der Waals surface area contributed by atoms with Crippen molar-refractivity contribution in [3.8, 4) is 0 Å². The van der Waals surface area contributed by atoms with Gasteiger partial charge in [-0.05, 0) is 31.2 Å². The molecular formula is C20H18FN3OS. The number of amides is 1. The topological polar surface area (TPSA) is 46.1 Å². The third-order valence-electron chi connectivity index (χ3n) is 4.62. The zero-order valence-electron chi connectivity index (χ0n) is 14.4. The third kappa shape index (κ3) is 2.86. The van der Waals surface area contributed by atoms with Gasteiger partial charge in [0.15, 0.2) is 5.50 Å². The van der Waals surface area contributed by atoms with Crippen LogP contribution >= 0.6 is 11.8 Å². The fraction of sp³-hybridized carbons (Fsp3) is 0.150. The van der Waals surface area contributed by atoms with E-state index in [2.05, 4.69) is 27.3 Å². The second kappa shape index (κ2) is 6.53. The second-order valence-electron chi connectivity index (χ2n) is 6.18. The molecule has 1 unspecified atom stereocenters. The van der Waals surface area contributed by atoms with Crippen molar-refractivity contribution in [2.75, 3.05) is 5.32 Å². The molecule has 4 nitrogen and oxygen atoms in total. The smallest absolute Gasteiger partial charge is 0.260 e. The van der Waals surface area contributed by atoms with Crippen LogP contribution in [0.25, 0.3) is 17.0 Å². The van der Waals surface area contributed by atoms with E-state index in [9.17, 15) is 9.18 Å². The lowest BCUT2D eigenvalue weighted by Crippen LogP contribution is -2.31. The predicted molar refractivity (Wildman–Crippen MR) is 105 cm³/mol. The molecule has 1 amide bonds. The zero-order valence-corrected chi connectivity index (χ0v) is 15.2. The van der Waals surface area contributed by atoms with E-state index in [0.717, 1.165) is 22.2 Å². The predicted octanol–water partition coefficient (Wildman–Crippen LogP) is 4.23. The molecule has 1 fully saturated rings. The van der Waals surface area contributed by atoms with Gasteiger partial charge in [0, 0.05) is 29.2 Å². The number of benzene rings is 2. The summed E-state index contributed by atoms with van der Waals surface area (Å²) in [6.07, 6.45) is 1.92. The van der Waals surface area contributed by atoms with Crippen LogP contribution in [0.3, 0.4) is 0 Å². The molecule has 2 aromatic carbocycles. The van der Waals surface area contributed by atoms with Crippen LogP contribution < -0.4 is 10.6 Å². The lowest BCUT2D eigenvalue weighted by Gasteiger charge is -2.12. The summed E-state index contributed by atoms with van der Waals surface area (Å²) in [6.45, 7) is 2.04. The number of carbonyl (C=O) groups is 1. The molecule has 0 aliphatic carbocycles. The first-order valence-electron chi connectivity index (χ1n) is 8.29. The Morgan fingerprint density at radius 3 is 2.73 bits per heavy atom. The lowest BCUT2D eigenvalue weighted by molar-refractivity contribution is -0.116. The molecule has 1 aromatic heterocycles. The number of nitrogens with one attached hydrogen (secondary N) is 2. The van der Waals surface area contributed by atoms with Gasteiger partial charge in [0.1, 0.15) is 5.82 Å². The SMILES string of the molecule is Cc1c(/C=C2\SC(Nc3ccccc3F)NC2=O)c2ccccc2n1C. The van der Waals surface area contributed by atoms with E-state index in [1.54, 1.807) is 18.2 Å². The number of fused-ring (bicyclic) bond motifs is 1. The quantitative estimate of drug-likeness (QED) is 0.681. The van der Waals surface area contributed by atoms with Gasteiger partial charge in [-0.1, -0.05) is 42.1 Å². The molecule has 0 saturated carbocycles. The number of aryl methyl sites for hydroxylation is 1. The summed E-state index contributed by atoms with van der Waals surface area (Å²) in [5.41, 5.74) is 3.22. The van der Waals surface area contributed by atoms with E-state index in [1.807, 2.05) is 32.2 Å². The van der Waals surface area contributed by atoms with Crippen molar-refractivity contribution in [1.82, 2.24) is 9.88 Å². The van der Waals surface area contributed by atoms with Crippen LogP contribution in [0.2, 0.25) is 0 Å². The zero-order chi connectivity index (χ0) is 18.3. The van der Waals surface area contributed by atoms with Crippen molar-refractivity contribution in [3.63, 3.8) is 0 Å². The summed E-state index contributed by atoms with van der Waals surface area (Å²) in [7, 11) is 2.02. The molecule has 132 valence electrons. The molecule has 2 heterocycles. The molecule has 0 bridgehead atoms. The molecule has 0 spiro atoms. The Hall–Kier alpha value is -2.73. The maximum absolute atomic E-state index is 13.8. The molecule has 4 rings (SSSR count). The number of thioether (sulfide) groups is 1. The summed E-state index contributed by atoms with van der Waals surface area (Å²) in [4.78, 5) is 13.0. The molecule has 1 aliphatic rings. The van der Waals surface area contributed by atoms with Crippen molar-refractivity contribution in [1.29, 1.82) is 0 Å². The fourth-order valence-corrected chi connectivity index (χ4v) is 4.11. The number of para-hydroxylation sites is 2. The van der Waals surface area contributed by atoms with Crippen molar-refractivity contribution in [2.45, 2.75) is 12.4 Å². The first kappa shape index (κ1) is 16.7. The van der Waals surface area contributed by atoms with E-state index in [0.29, 0.717) is 10.6 Å². The maximum Gasteiger partial charge on any atom is 0.260 e. The number of aromatic nitrogens is 1. The van der Waals surface area contributed by atoms with Gasteiger partial charge in [0.2, 0.25) is 0 Å². The van der Waals surface area contributed by atoms with Crippen molar-refractivity contribution in [3.05, 3.63) is 70.5 Å². The van der Waals surface area contributed by atoms with E-state index >= 15 is 0 Å². The normalized spacial score (nSPS) is 18.5. The van der Waals surface area contributed by atoms with Crippen LogP contribution in [0.4, 0.5) is 10.1 Å². The fourth-order valence-electron chi connectivity index (χ4n) is 3.15. The van der Waals surface area contributed by atoms with E-state index < -0.39 is 5.50 Å². The van der Waals surface area contributed by atoms with Gasteiger partial charge >= 0.3 is 0 Å². The number of hydrogen-bond donors (Lipinski definition) is 2. The highest BCUT2D eigenvalue weighted by molar-refractivity contribution is 8.05.